The number of hydrogen-bond acceptors (Lipinski definition) is 0. The lowest BCUT2D eigenvalue weighted by atomic mass is 9.64. The van der Waals surface area contributed by atoms with E-state index in [1.807, 2.05) is 19.1 Å². The van der Waals surface area contributed by atoms with Gasteiger partial charge < -0.3 is 0 Å². The van der Waals surface area contributed by atoms with Crippen LogP contribution in [-0.4, -0.2) is 0 Å². The van der Waals surface area contributed by atoms with E-state index in [4.69, 9.17) is 0 Å². The molecule has 0 amide bonds. The number of allylic oxidation sites excluding steroid dienone is 4. The van der Waals surface area contributed by atoms with E-state index >= 15 is 0 Å². The molecule has 0 bridgehead atoms. The van der Waals surface area contributed by atoms with Gasteiger partial charge in [0.2, 0.25) is 0 Å². The van der Waals surface area contributed by atoms with E-state index in [1.54, 1.807) is 0 Å². The Kier molecular flexibility index (Phi) is 8.39. The predicted molar refractivity (Wildman–Crippen MR) is 138 cm³/mol. The maximum Gasteiger partial charge on any atom is 0.130 e. The molecule has 0 radical (unpaired) electrons. The van der Waals surface area contributed by atoms with Crippen LogP contribution in [0.2, 0.25) is 0 Å². The minimum atomic E-state index is -0.514. The molecule has 4 rings (SSSR count). The summed E-state index contributed by atoms with van der Waals surface area (Å²) in [5, 5.41) is 0. The normalized spacial score (nSPS) is 24.7. The highest BCUT2D eigenvalue weighted by Crippen LogP contribution is 2.47. The van der Waals surface area contributed by atoms with Crippen molar-refractivity contribution in [2.75, 3.05) is 0 Å². The van der Waals surface area contributed by atoms with Crippen LogP contribution in [0.4, 0.5) is 8.78 Å². The molecule has 0 heterocycles. The monoisotopic (exact) mass is 458 g/mol. The molecule has 0 N–H and O–H groups in total. The second kappa shape index (κ2) is 11.7. The van der Waals surface area contributed by atoms with Gasteiger partial charge in [-0.2, -0.15) is 0 Å². The summed E-state index contributed by atoms with van der Waals surface area (Å²) in [4.78, 5) is 0. The fourth-order valence-electron chi connectivity index (χ4n) is 5.97. The Bertz CT molecular complexity index is 1060. The van der Waals surface area contributed by atoms with Crippen LogP contribution in [0.25, 0.3) is 0 Å². The Labute approximate surface area is 204 Å². The molecule has 178 valence electrons. The van der Waals surface area contributed by atoms with Gasteiger partial charge >= 0.3 is 0 Å². The lowest BCUT2D eigenvalue weighted by Gasteiger charge is -2.41. The third-order valence-electron chi connectivity index (χ3n) is 7.79. The van der Waals surface area contributed by atoms with E-state index in [-0.39, 0.29) is 5.56 Å². The van der Waals surface area contributed by atoms with Gasteiger partial charge in [-0.1, -0.05) is 48.3 Å². The molecule has 2 fully saturated rings. The zero-order valence-corrected chi connectivity index (χ0v) is 20.5. The molecule has 0 aromatic heterocycles. The summed E-state index contributed by atoms with van der Waals surface area (Å²) in [6.45, 7) is 4.04. The standard InChI is InChI=1S/C32H36F2/c1-3-5-6-8-30-31(33)20-25(21-32(30)34)10-9-23-11-14-26(15-12-23)28-18-17-27-19-24(7-4-2)13-16-29(27)22-28/h3-5,7,11-12,14-15,20-21,24,27-29H,6,8,13,16-19,22H2,1-2H3/b5-3+,7-4+. The van der Waals surface area contributed by atoms with Gasteiger partial charge in [0.25, 0.3) is 0 Å². The Morgan fingerprint density at radius 3 is 2.21 bits per heavy atom. The molecule has 2 heteroatoms. The lowest BCUT2D eigenvalue weighted by molar-refractivity contribution is 0.133. The molecule has 2 aromatic rings. The predicted octanol–water partition coefficient (Wildman–Crippen LogP) is 8.75. The highest BCUT2D eigenvalue weighted by Gasteiger charge is 2.35. The largest absolute Gasteiger partial charge is 0.207 e. The number of rotatable bonds is 5. The van der Waals surface area contributed by atoms with Gasteiger partial charge in [-0.15, -0.1) is 0 Å². The van der Waals surface area contributed by atoms with Gasteiger partial charge in [-0.3, -0.25) is 0 Å². The third kappa shape index (κ3) is 6.06. The average Bonchev–Trinajstić information content (AvgIpc) is 2.85. The molecule has 0 aliphatic heterocycles. The van der Waals surface area contributed by atoms with Crippen LogP contribution in [0, 0.1) is 41.2 Å². The number of halogens is 2. The molecule has 2 saturated carbocycles. The quantitative estimate of drug-likeness (QED) is 0.310. The molecule has 4 atom stereocenters. The maximum absolute atomic E-state index is 14.4. The van der Waals surface area contributed by atoms with E-state index in [0.717, 1.165) is 23.3 Å². The summed E-state index contributed by atoms with van der Waals surface area (Å²) in [6.07, 6.45) is 17.4. The zero-order valence-electron chi connectivity index (χ0n) is 20.5. The summed E-state index contributed by atoms with van der Waals surface area (Å²) < 4.78 is 28.7. The first-order chi connectivity index (χ1) is 16.6. The van der Waals surface area contributed by atoms with Crippen LogP contribution < -0.4 is 0 Å². The van der Waals surface area contributed by atoms with Crippen molar-refractivity contribution in [3.05, 3.63) is 94.6 Å². The fourth-order valence-corrected chi connectivity index (χ4v) is 5.97. The van der Waals surface area contributed by atoms with E-state index in [9.17, 15) is 8.78 Å². The van der Waals surface area contributed by atoms with Crippen LogP contribution in [0.1, 0.15) is 87.0 Å². The highest BCUT2D eigenvalue weighted by molar-refractivity contribution is 5.45. The molecule has 34 heavy (non-hydrogen) atoms. The molecule has 0 saturated heterocycles. The van der Waals surface area contributed by atoms with E-state index in [1.165, 1.54) is 56.2 Å². The summed E-state index contributed by atoms with van der Waals surface area (Å²) in [5.74, 6) is 8.18. The lowest BCUT2D eigenvalue weighted by Crippen LogP contribution is -2.30. The van der Waals surface area contributed by atoms with Crippen molar-refractivity contribution in [1.29, 1.82) is 0 Å². The molecule has 0 spiro atoms. The zero-order chi connectivity index (χ0) is 23.9. The molecule has 0 nitrogen and oxygen atoms in total. The van der Waals surface area contributed by atoms with Gasteiger partial charge in [-0.05, 0) is 119 Å². The first-order valence-electron chi connectivity index (χ1n) is 12.9. The minimum absolute atomic E-state index is 0.137. The highest BCUT2D eigenvalue weighted by atomic mass is 19.1. The molecule has 2 aliphatic rings. The van der Waals surface area contributed by atoms with Gasteiger partial charge in [-0.25, -0.2) is 8.78 Å². The summed E-state index contributed by atoms with van der Waals surface area (Å²) >= 11 is 0. The Balaban J connectivity index is 1.38. The molecule has 4 unspecified atom stereocenters. The molecule has 2 aromatic carbocycles. The smallest absolute Gasteiger partial charge is 0.130 e. The fraction of sp³-hybridized carbons (Fsp3) is 0.438. The SMILES string of the molecule is C/C=C/CCc1c(F)cc(C#Cc2ccc(C3CCC4CC(/C=C/C)CCC4C3)cc2)cc1F. The van der Waals surface area contributed by atoms with Crippen molar-refractivity contribution in [3.63, 3.8) is 0 Å². The van der Waals surface area contributed by atoms with Crippen molar-refractivity contribution in [2.24, 2.45) is 17.8 Å². The number of fused-ring (bicyclic) bond motifs is 1. The van der Waals surface area contributed by atoms with Crippen LogP contribution in [0.3, 0.4) is 0 Å². The van der Waals surface area contributed by atoms with Crippen molar-refractivity contribution >= 4 is 0 Å². The van der Waals surface area contributed by atoms with Crippen LogP contribution in [-0.2, 0) is 6.42 Å². The van der Waals surface area contributed by atoms with Crippen molar-refractivity contribution in [3.8, 4) is 11.8 Å². The van der Waals surface area contributed by atoms with E-state index < -0.39 is 11.6 Å². The van der Waals surface area contributed by atoms with Gasteiger partial charge in [0.05, 0.1) is 0 Å². The summed E-state index contributed by atoms with van der Waals surface area (Å²) in [7, 11) is 0. The van der Waals surface area contributed by atoms with Crippen LogP contribution in [0.5, 0.6) is 0 Å². The molecular weight excluding hydrogens is 422 g/mol. The average molecular weight is 459 g/mol. The Morgan fingerprint density at radius 2 is 1.50 bits per heavy atom. The van der Waals surface area contributed by atoms with E-state index in [0.29, 0.717) is 24.3 Å². The molecule has 2 aliphatic carbocycles. The Hall–Kier alpha value is -2.66. The van der Waals surface area contributed by atoms with Gasteiger partial charge in [0, 0.05) is 16.7 Å². The second-order valence-electron chi connectivity index (χ2n) is 10.0. The first kappa shape index (κ1) is 24.5. The van der Waals surface area contributed by atoms with Gasteiger partial charge in [0.1, 0.15) is 11.6 Å². The van der Waals surface area contributed by atoms with Crippen LogP contribution in [0.15, 0.2) is 60.7 Å². The first-order valence-corrected chi connectivity index (χ1v) is 12.9. The summed E-state index contributed by atoms with van der Waals surface area (Å²) in [6, 6.07) is 11.2. The molecular formula is C32H36F2. The van der Waals surface area contributed by atoms with Crippen LogP contribution >= 0.6 is 0 Å². The topological polar surface area (TPSA) is 0 Å². The number of benzene rings is 2. The van der Waals surface area contributed by atoms with Crippen molar-refractivity contribution in [1.82, 2.24) is 0 Å². The van der Waals surface area contributed by atoms with E-state index in [2.05, 4.69) is 55.2 Å². The van der Waals surface area contributed by atoms with Crippen molar-refractivity contribution < 1.29 is 8.78 Å². The maximum atomic E-state index is 14.4. The minimum Gasteiger partial charge on any atom is -0.207 e. The summed E-state index contributed by atoms with van der Waals surface area (Å²) in [5.41, 5.74) is 2.79. The van der Waals surface area contributed by atoms with Gasteiger partial charge in [0.15, 0.2) is 0 Å². The third-order valence-corrected chi connectivity index (χ3v) is 7.79. The second-order valence-corrected chi connectivity index (χ2v) is 10.0. The Morgan fingerprint density at radius 1 is 0.824 bits per heavy atom. The number of hydrogen-bond donors (Lipinski definition) is 0. The van der Waals surface area contributed by atoms with Crippen molar-refractivity contribution in [2.45, 2.75) is 71.1 Å².